The summed E-state index contributed by atoms with van der Waals surface area (Å²) in [7, 11) is 0. The number of rotatable bonds is 4. The summed E-state index contributed by atoms with van der Waals surface area (Å²) in [5.41, 5.74) is -1.33. The quantitative estimate of drug-likeness (QED) is 0.860. The molecule has 2 N–H and O–H groups in total. The lowest BCUT2D eigenvalue weighted by Crippen LogP contribution is -2.50. The van der Waals surface area contributed by atoms with Crippen LogP contribution >= 0.6 is 0 Å². The van der Waals surface area contributed by atoms with Gasteiger partial charge in [0.05, 0.1) is 17.9 Å². The number of carboxylic acids is 1. The van der Waals surface area contributed by atoms with Gasteiger partial charge in [0.25, 0.3) is 5.91 Å². The maximum absolute atomic E-state index is 14.3. The number of aromatic carboxylic acids is 1. The minimum Gasteiger partial charge on any atom is -0.476 e. The van der Waals surface area contributed by atoms with E-state index in [9.17, 15) is 18.4 Å². The van der Waals surface area contributed by atoms with Crippen molar-refractivity contribution < 1.29 is 28.2 Å². The third-order valence-corrected chi connectivity index (χ3v) is 4.25. The molecular weight excluding hydrogens is 348 g/mol. The molecular formula is C17H15F2N3O4. The number of nitrogens with zero attached hydrogens (tertiary/aromatic N) is 2. The number of carbonyl (C=O) groups is 2. The fraction of sp³-hybridized carbons (Fsp3) is 0.294. The second-order valence-electron chi connectivity index (χ2n) is 5.86. The highest BCUT2D eigenvalue weighted by atomic mass is 19.1. The smallest absolute Gasteiger partial charge is 0.356 e. The van der Waals surface area contributed by atoms with Crippen molar-refractivity contribution in [2.45, 2.75) is 18.4 Å². The largest absolute Gasteiger partial charge is 0.476 e. The number of carbonyl (C=O) groups excluding carboxylic acids is 1. The van der Waals surface area contributed by atoms with Crippen LogP contribution in [-0.4, -0.2) is 40.2 Å². The van der Waals surface area contributed by atoms with Gasteiger partial charge < -0.3 is 15.2 Å². The summed E-state index contributed by atoms with van der Waals surface area (Å²) in [5.74, 6) is -3.38. The predicted molar refractivity (Wildman–Crippen MR) is 84.5 cm³/mol. The van der Waals surface area contributed by atoms with Crippen LogP contribution in [0.15, 0.2) is 30.6 Å². The average molecular weight is 363 g/mol. The first kappa shape index (κ1) is 17.9. The van der Waals surface area contributed by atoms with Crippen molar-refractivity contribution in [3.8, 4) is 0 Å². The zero-order chi connectivity index (χ0) is 18.7. The van der Waals surface area contributed by atoms with Crippen molar-refractivity contribution in [2.75, 3.05) is 13.2 Å². The van der Waals surface area contributed by atoms with Crippen LogP contribution in [0.25, 0.3) is 0 Å². The Balaban J connectivity index is 1.91. The Labute approximate surface area is 147 Å². The van der Waals surface area contributed by atoms with Gasteiger partial charge in [-0.2, -0.15) is 0 Å². The summed E-state index contributed by atoms with van der Waals surface area (Å²) in [6, 6.07) is 3.19. The van der Waals surface area contributed by atoms with Crippen LogP contribution in [0.1, 0.15) is 39.4 Å². The van der Waals surface area contributed by atoms with E-state index in [-0.39, 0.29) is 17.0 Å². The molecule has 0 spiro atoms. The Morgan fingerprint density at radius 1 is 1.12 bits per heavy atom. The third-order valence-electron chi connectivity index (χ3n) is 4.25. The second kappa shape index (κ2) is 7.12. The zero-order valence-electron chi connectivity index (χ0n) is 13.5. The highest BCUT2D eigenvalue weighted by Gasteiger charge is 2.38. The molecule has 1 fully saturated rings. The highest BCUT2D eigenvalue weighted by Crippen LogP contribution is 2.34. The van der Waals surface area contributed by atoms with Crippen LogP contribution in [0, 0.1) is 11.6 Å². The molecule has 1 saturated heterocycles. The van der Waals surface area contributed by atoms with Crippen molar-refractivity contribution in [2.24, 2.45) is 0 Å². The van der Waals surface area contributed by atoms with Gasteiger partial charge >= 0.3 is 5.97 Å². The monoisotopic (exact) mass is 363 g/mol. The summed E-state index contributed by atoms with van der Waals surface area (Å²) >= 11 is 0. The first-order valence-electron chi connectivity index (χ1n) is 7.82. The lowest BCUT2D eigenvalue weighted by atomic mass is 9.82. The van der Waals surface area contributed by atoms with Crippen molar-refractivity contribution >= 4 is 11.9 Å². The number of halogens is 2. The predicted octanol–water partition coefficient (Wildman–Crippen LogP) is 1.89. The standard InChI is InChI=1S/C17H15F2N3O4/c18-10-1-2-11(12(19)7-10)17(3-5-26-6-4-17)22-15(23)13-8-21-14(9-20-13)16(24)25/h1-2,7-9H,3-6H2,(H,22,23)(H,24,25). The zero-order valence-corrected chi connectivity index (χ0v) is 13.5. The van der Waals surface area contributed by atoms with Crippen molar-refractivity contribution in [3.63, 3.8) is 0 Å². The molecule has 7 nitrogen and oxygen atoms in total. The van der Waals surface area contributed by atoms with Crippen LogP contribution in [0.3, 0.4) is 0 Å². The molecule has 0 atom stereocenters. The molecule has 0 radical (unpaired) electrons. The number of carboxylic acid groups (broad SMARTS) is 1. The maximum atomic E-state index is 14.3. The van der Waals surface area contributed by atoms with E-state index >= 15 is 0 Å². The number of nitrogens with one attached hydrogen (secondary N) is 1. The van der Waals surface area contributed by atoms with Gasteiger partial charge in [-0.3, -0.25) is 4.79 Å². The molecule has 1 amide bonds. The summed E-state index contributed by atoms with van der Waals surface area (Å²) in [6.45, 7) is 0.585. The number of ether oxygens (including phenoxy) is 1. The van der Waals surface area contributed by atoms with E-state index in [1.165, 1.54) is 6.07 Å². The van der Waals surface area contributed by atoms with Crippen LogP contribution < -0.4 is 5.32 Å². The fourth-order valence-electron chi connectivity index (χ4n) is 2.90. The molecule has 1 aromatic carbocycles. The Kier molecular flexibility index (Phi) is 4.90. The van der Waals surface area contributed by atoms with Gasteiger partial charge in [0, 0.05) is 24.8 Å². The van der Waals surface area contributed by atoms with E-state index < -0.39 is 29.0 Å². The minimum absolute atomic E-state index is 0.108. The molecule has 0 unspecified atom stereocenters. The number of aromatic nitrogens is 2. The average Bonchev–Trinajstić information content (AvgIpc) is 2.62. The highest BCUT2D eigenvalue weighted by molar-refractivity contribution is 5.93. The lowest BCUT2D eigenvalue weighted by Gasteiger charge is -2.38. The van der Waals surface area contributed by atoms with Gasteiger partial charge in [0.15, 0.2) is 5.69 Å². The maximum Gasteiger partial charge on any atom is 0.356 e. The topological polar surface area (TPSA) is 101 Å². The first-order chi connectivity index (χ1) is 12.4. The van der Waals surface area contributed by atoms with Crippen molar-refractivity contribution in [3.05, 3.63) is 59.2 Å². The van der Waals surface area contributed by atoms with Crippen molar-refractivity contribution in [1.82, 2.24) is 15.3 Å². The Morgan fingerprint density at radius 3 is 2.35 bits per heavy atom. The summed E-state index contributed by atoms with van der Waals surface area (Å²) in [6.07, 6.45) is 2.59. The van der Waals surface area contributed by atoms with Gasteiger partial charge in [0.2, 0.25) is 0 Å². The number of hydrogen-bond donors (Lipinski definition) is 2. The molecule has 9 heteroatoms. The minimum atomic E-state index is -1.27. The Morgan fingerprint density at radius 2 is 1.77 bits per heavy atom. The molecule has 1 aromatic heterocycles. The number of benzene rings is 1. The lowest BCUT2D eigenvalue weighted by molar-refractivity contribution is 0.0331. The normalized spacial score (nSPS) is 16.1. The summed E-state index contributed by atoms with van der Waals surface area (Å²) in [4.78, 5) is 30.8. The van der Waals surface area contributed by atoms with Gasteiger partial charge in [-0.15, -0.1) is 0 Å². The summed E-state index contributed by atoms with van der Waals surface area (Å²) < 4.78 is 32.9. The Hall–Kier alpha value is -2.94. The molecule has 136 valence electrons. The van der Waals surface area contributed by atoms with Crippen LogP contribution in [-0.2, 0) is 10.3 Å². The van der Waals surface area contributed by atoms with E-state index in [0.29, 0.717) is 26.1 Å². The van der Waals surface area contributed by atoms with Gasteiger partial charge in [-0.05, 0) is 18.9 Å². The van der Waals surface area contributed by atoms with Crippen molar-refractivity contribution in [1.29, 1.82) is 0 Å². The molecule has 26 heavy (non-hydrogen) atoms. The number of hydrogen-bond acceptors (Lipinski definition) is 5. The van der Waals surface area contributed by atoms with Crippen LogP contribution in [0.2, 0.25) is 0 Å². The van der Waals surface area contributed by atoms with E-state index in [0.717, 1.165) is 24.5 Å². The molecule has 2 heterocycles. The van der Waals surface area contributed by atoms with Gasteiger partial charge in [0.1, 0.15) is 17.3 Å². The van der Waals surface area contributed by atoms with Gasteiger partial charge in [-0.1, -0.05) is 6.07 Å². The molecule has 1 aliphatic rings. The molecule has 1 aliphatic heterocycles. The van der Waals surface area contributed by atoms with Crippen LogP contribution in [0.5, 0.6) is 0 Å². The summed E-state index contributed by atoms with van der Waals surface area (Å²) in [5, 5.41) is 11.6. The second-order valence-corrected chi connectivity index (χ2v) is 5.86. The molecule has 0 bridgehead atoms. The van der Waals surface area contributed by atoms with E-state index in [1.807, 2.05) is 0 Å². The Bertz CT molecular complexity index is 836. The number of amides is 1. The van der Waals surface area contributed by atoms with E-state index in [2.05, 4.69) is 15.3 Å². The third kappa shape index (κ3) is 3.52. The fourth-order valence-corrected chi connectivity index (χ4v) is 2.90. The molecule has 0 saturated carbocycles. The van der Waals surface area contributed by atoms with Gasteiger partial charge in [-0.25, -0.2) is 23.5 Å². The van der Waals surface area contributed by atoms with E-state index in [4.69, 9.17) is 9.84 Å². The molecule has 2 aromatic rings. The SMILES string of the molecule is O=C(O)c1cnc(C(=O)NC2(c3ccc(F)cc3F)CCOCC2)cn1. The van der Waals surface area contributed by atoms with Crippen LogP contribution in [0.4, 0.5) is 8.78 Å². The molecule has 3 rings (SSSR count). The molecule has 0 aliphatic carbocycles. The van der Waals surface area contributed by atoms with E-state index in [1.54, 1.807) is 0 Å². The first-order valence-corrected chi connectivity index (χ1v) is 7.82.